The predicted molar refractivity (Wildman–Crippen MR) is 136 cm³/mol. The van der Waals surface area contributed by atoms with E-state index in [1.807, 2.05) is 55.5 Å². The number of aliphatic hydroxyl groups is 1. The van der Waals surface area contributed by atoms with Crippen molar-refractivity contribution in [3.8, 4) is 0 Å². The highest BCUT2D eigenvalue weighted by molar-refractivity contribution is 7.97. The van der Waals surface area contributed by atoms with Gasteiger partial charge in [-0.1, -0.05) is 18.2 Å². The highest BCUT2D eigenvalue weighted by Crippen LogP contribution is 2.86. The number of likely N-dealkylation sites (N-methyl/N-ethyl adjacent to an activating group) is 1. The van der Waals surface area contributed by atoms with Crippen LogP contribution in [0.3, 0.4) is 0 Å². The summed E-state index contributed by atoms with van der Waals surface area (Å²) in [5.74, 6) is 2.65. The lowest BCUT2D eigenvalue weighted by molar-refractivity contribution is -0.244. The molecule has 184 valence electrons. The topological polar surface area (TPSA) is 82.5 Å². The molecule has 0 saturated heterocycles. The van der Waals surface area contributed by atoms with Crippen molar-refractivity contribution < 1.29 is 14.7 Å². The third-order valence-electron chi connectivity index (χ3n) is 9.13. The van der Waals surface area contributed by atoms with Gasteiger partial charge in [0.2, 0.25) is 0 Å². The molecule has 4 aliphatic carbocycles. The quantitative estimate of drug-likeness (QED) is 0.475. The van der Waals surface area contributed by atoms with Crippen molar-refractivity contribution in [2.45, 2.75) is 56.0 Å². The second-order valence-electron chi connectivity index (χ2n) is 10.7. The fourth-order valence-electron chi connectivity index (χ4n) is 7.36. The molecule has 0 radical (unpaired) electrons. The van der Waals surface area contributed by atoms with Crippen molar-refractivity contribution in [2.75, 3.05) is 21.2 Å². The SMILES string of the molecule is CN(Sc1cccc2cccnc12)C(C)(C)C=O.CNC1C2CC3CC4(C=O)CC1C34C2.CO. The number of aromatic nitrogens is 1. The molecule has 7 heteroatoms. The van der Waals surface area contributed by atoms with E-state index in [4.69, 9.17) is 5.11 Å². The highest BCUT2D eigenvalue weighted by Gasteiger charge is 2.83. The standard InChI is InChI=1S/C14H16N2OS.C12H17NO.CH4O/c1-14(2,10-17)16(3)18-12-8-4-6-11-7-5-9-15-13(11)12;1-13-10-7-2-8-4-11(6-14)5-9(10)12(8,11)3-7;1-2/h4-10H,1-3H3;6-10,13H,2-5H2,1H3;2H,1H3. The fraction of sp³-hybridized carbons (Fsp3) is 0.593. The summed E-state index contributed by atoms with van der Waals surface area (Å²) in [5, 5.41) is 11.6. The van der Waals surface area contributed by atoms with Gasteiger partial charge < -0.3 is 20.0 Å². The normalized spacial score (nSPS) is 34.1. The zero-order chi connectivity index (χ0) is 24.7. The Bertz CT molecular complexity index is 1060. The molecule has 2 aromatic rings. The van der Waals surface area contributed by atoms with Crippen LogP contribution in [-0.4, -0.2) is 59.8 Å². The summed E-state index contributed by atoms with van der Waals surface area (Å²) in [6.07, 6.45) is 9.22. The number of nitrogens with one attached hydrogen (secondary N) is 1. The van der Waals surface area contributed by atoms with E-state index in [1.54, 1.807) is 18.1 Å². The molecule has 1 spiro atoms. The minimum absolute atomic E-state index is 0.155. The number of hydrogen-bond acceptors (Lipinski definition) is 7. The number of rotatable bonds is 6. The summed E-state index contributed by atoms with van der Waals surface area (Å²) in [6.45, 7) is 3.79. The number of carbonyl (C=O) groups is 2. The van der Waals surface area contributed by atoms with E-state index in [0.717, 1.165) is 53.0 Å². The molecule has 2 bridgehead atoms. The van der Waals surface area contributed by atoms with Gasteiger partial charge in [0.25, 0.3) is 0 Å². The zero-order valence-electron chi connectivity index (χ0n) is 20.8. The summed E-state index contributed by atoms with van der Waals surface area (Å²) >= 11 is 1.54. The first kappa shape index (κ1) is 25.3. The van der Waals surface area contributed by atoms with Crippen LogP contribution in [0.2, 0.25) is 0 Å². The molecule has 4 fully saturated rings. The number of carbonyl (C=O) groups excluding carboxylic acids is 2. The Balaban J connectivity index is 0.000000153. The maximum atomic E-state index is 11.2. The van der Waals surface area contributed by atoms with E-state index in [9.17, 15) is 9.59 Å². The van der Waals surface area contributed by atoms with E-state index in [0.29, 0.717) is 5.41 Å². The number of nitrogens with zero attached hydrogens (tertiary/aromatic N) is 2. The van der Waals surface area contributed by atoms with Crippen molar-refractivity contribution in [1.82, 2.24) is 14.6 Å². The Morgan fingerprint density at radius 3 is 2.59 bits per heavy atom. The van der Waals surface area contributed by atoms with E-state index in [2.05, 4.69) is 17.3 Å². The number of aldehydes is 2. The van der Waals surface area contributed by atoms with Crippen molar-refractivity contribution in [3.63, 3.8) is 0 Å². The van der Waals surface area contributed by atoms with Gasteiger partial charge in [-0.3, -0.25) is 4.98 Å². The molecule has 1 aromatic heterocycles. The second kappa shape index (κ2) is 9.34. The van der Waals surface area contributed by atoms with Crippen LogP contribution in [0.4, 0.5) is 0 Å². The number of fused-ring (bicyclic) bond motifs is 2. The monoisotopic (exact) mass is 483 g/mol. The lowest BCUT2D eigenvalue weighted by Gasteiger charge is -2.73. The minimum Gasteiger partial charge on any atom is -0.400 e. The Morgan fingerprint density at radius 1 is 1.18 bits per heavy atom. The van der Waals surface area contributed by atoms with Crippen LogP contribution in [0.15, 0.2) is 41.4 Å². The maximum absolute atomic E-state index is 11.2. The molecule has 6 unspecified atom stereocenters. The molecule has 4 aliphatic rings. The number of benzene rings is 1. The molecule has 34 heavy (non-hydrogen) atoms. The molecule has 2 N–H and O–H groups in total. The van der Waals surface area contributed by atoms with E-state index < -0.39 is 5.54 Å². The molecule has 1 aromatic carbocycles. The van der Waals surface area contributed by atoms with Crippen molar-refractivity contribution in [1.29, 1.82) is 0 Å². The van der Waals surface area contributed by atoms with Crippen LogP contribution in [0, 0.1) is 28.6 Å². The van der Waals surface area contributed by atoms with Gasteiger partial charge in [0, 0.05) is 35.0 Å². The first-order valence-electron chi connectivity index (χ1n) is 12.1. The van der Waals surface area contributed by atoms with Gasteiger partial charge in [0.15, 0.2) is 0 Å². The van der Waals surface area contributed by atoms with Crippen molar-refractivity contribution in [2.24, 2.45) is 28.6 Å². The Hall–Kier alpha value is -1.80. The van der Waals surface area contributed by atoms with Crippen LogP contribution in [0.1, 0.15) is 39.5 Å². The number of para-hydroxylation sites is 1. The van der Waals surface area contributed by atoms with Crippen LogP contribution < -0.4 is 5.32 Å². The molecule has 6 rings (SSSR count). The van der Waals surface area contributed by atoms with Gasteiger partial charge in [-0.25, -0.2) is 4.31 Å². The fourth-order valence-corrected chi connectivity index (χ4v) is 8.33. The Kier molecular flexibility index (Phi) is 6.95. The average molecular weight is 484 g/mol. The number of hydrogen-bond donors (Lipinski definition) is 2. The first-order valence-corrected chi connectivity index (χ1v) is 12.9. The zero-order valence-corrected chi connectivity index (χ0v) is 21.6. The second-order valence-corrected chi connectivity index (χ2v) is 11.9. The lowest BCUT2D eigenvalue weighted by Crippen LogP contribution is -2.72. The Morgan fingerprint density at radius 2 is 1.91 bits per heavy atom. The van der Waals surface area contributed by atoms with Gasteiger partial charge in [-0.2, -0.15) is 0 Å². The van der Waals surface area contributed by atoms with E-state index in [1.165, 1.54) is 32.0 Å². The van der Waals surface area contributed by atoms with Gasteiger partial charge in [-0.05, 0) is 101 Å². The van der Waals surface area contributed by atoms with E-state index >= 15 is 0 Å². The minimum atomic E-state index is -0.498. The third kappa shape index (κ3) is 3.55. The summed E-state index contributed by atoms with van der Waals surface area (Å²) in [7, 11) is 5.01. The molecule has 1 heterocycles. The lowest BCUT2D eigenvalue weighted by atomic mass is 9.30. The van der Waals surface area contributed by atoms with Crippen LogP contribution in [-0.2, 0) is 9.59 Å². The van der Waals surface area contributed by atoms with Crippen molar-refractivity contribution >= 4 is 35.4 Å². The summed E-state index contributed by atoms with van der Waals surface area (Å²) in [4.78, 5) is 27.8. The predicted octanol–water partition coefficient (Wildman–Crippen LogP) is 3.97. The molecule has 0 amide bonds. The van der Waals surface area contributed by atoms with Gasteiger partial charge in [-0.15, -0.1) is 0 Å². The molecular formula is C27H37N3O3S. The van der Waals surface area contributed by atoms with Crippen LogP contribution >= 0.6 is 11.9 Å². The van der Waals surface area contributed by atoms with Gasteiger partial charge in [0.05, 0.1) is 11.1 Å². The van der Waals surface area contributed by atoms with Crippen LogP contribution in [0.5, 0.6) is 0 Å². The first-order chi connectivity index (χ1) is 16.3. The highest BCUT2D eigenvalue weighted by atomic mass is 32.2. The largest absolute Gasteiger partial charge is 0.400 e. The van der Waals surface area contributed by atoms with Gasteiger partial charge in [0.1, 0.15) is 12.6 Å². The maximum Gasteiger partial charge on any atom is 0.140 e. The van der Waals surface area contributed by atoms with Gasteiger partial charge >= 0.3 is 0 Å². The smallest absolute Gasteiger partial charge is 0.140 e. The molecule has 6 nitrogen and oxygen atoms in total. The third-order valence-corrected chi connectivity index (χ3v) is 10.4. The summed E-state index contributed by atoms with van der Waals surface area (Å²) in [6, 6.07) is 10.8. The number of pyridine rings is 1. The van der Waals surface area contributed by atoms with E-state index in [-0.39, 0.29) is 5.41 Å². The average Bonchev–Trinajstić information content (AvgIpc) is 3.36. The summed E-state index contributed by atoms with van der Waals surface area (Å²) < 4.78 is 1.95. The number of aliphatic hydroxyl groups excluding tert-OH is 1. The van der Waals surface area contributed by atoms with Crippen molar-refractivity contribution in [3.05, 3.63) is 36.5 Å². The van der Waals surface area contributed by atoms with Crippen LogP contribution in [0.25, 0.3) is 10.9 Å². The molecular weight excluding hydrogens is 446 g/mol. The summed E-state index contributed by atoms with van der Waals surface area (Å²) in [5.41, 5.74) is 1.12. The molecule has 0 aliphatic heterocycles. The Labute approximate surface area is 207 Å². The molecule has 6 atom stereocenters. The molecule has 4 saturated carbocycles.